The van der Waals surface area contributed by atoms with Crippen molar-refractivity contribution >= 4 is 0 Å². The molecule has 3 heteroatoms. The molecule has 1 heterocycles. The molecule has 21 heavy (non-hydrogen) atoms. The summed E-state index contributed by atoms with van der Waals surface area (Å²) in [6, 6.07) is 0. The zero-order valence-electron chi connectivity index (χ0n) is 14.0. The van der Waals surface area contributed by atoms with Crippen LogP contribution in [0.2, 0.25) is 0 Å². The highest BCUT2D eigenvalue weighted by Gasteiger charge is 2.12. The first-order chi connectivity index (χ1) is 10.4. The van der Waals surface area contributed by atoms with E-state index in [4.69, 9.17) is 0 Å². The van der Waals surface area contributed by atoms with Crippen LogP contribution in [0.25, 0.3) is 0 Å². The van der Waals surface area contributed by atoms with E-state index >= 15 is 0 Å². The van der Waals surface area contributed by atoms with Crippen molar-refractivity contribution < 1.29 is 0 Å². The highest BCUT2D eigenvalue weighted by Crippen LogP contribution is 2.25. The molecule has 0 aromatic heterocycles. The van der Waals surface area contributed by atoms with Crippen molar-refractivity contribution in [1.82, 2.24) is 16.0 Å². The Kier molecular flexibility index (Phi) is 9.40. The number of unbranched alkanes of at least 4 members (excludes halogenated alkanes) is 1. The van der Waals surface area contributed by atoms with Crippen molar-refractivity contribution in [3.8, 4) is 0 Å². The summed E-state index contributed by atoms with van der Waals surface area (Å²) < 4.78 is 0. The molecule has 3 N–H and O–H groups in total. The van der Waals surface area contributed by atoms with Gasteiger partial charge in [0.2, 0.25) is 0 Å². The Morgan fingerprint density at radius 1 is 0.714 bits per heavy atom. The van der Waals surface area contributed by atoms with Crippen LogP contribution in [0.3, 0.4) is 0 Å². The first-order valence-corrected chi connectivity index (χ1v) is 9.57. The number of nitrogens with one attached hydrogen (secondary N) is 3. The van der Waals surface area contributed by atoms with Crippen LogP contribution in [-0.2, 0) is 0 Å². The second kappa shape index (κ2) is 11.4. The molecule has 0 unspecified atom stereocenters. The number of rotatable bonds is 10. The number of piperidine rings is 1. The summed E-state index contributed by atoms with van der Waals surface area (Å²) in [6.45, 7) is 7.33. The van der Waals surface area contributed by atoms with Crippen LogP contribution in [-0.4, -0.2) is 39.3 Å². The van der Waals surface area contributed by atoms with Crippen LogP contribution >= 0.6 is 0 Å². The van der Waals surface area contributed by atoms with Crippen molar-refractivity contribution in [3.63, 3.8) is 0 Å². The maximum absolute atomic E-state index is 3.64. The molecule has 1 aliphatic carbocycles. The van der Waals surface area contributed by atoms with Crippen LogP contribution in [0, 0.1) is 11.8 Å². The summed E-state index contributed by atoms with van der Waals surface area (Å²) in [5.74, 6) is 1.94. The molecule has 3 nitrogen and oxygen atoms in total. The fraction of sp³-hybridized carbons (Fsp3) is 1.00. The van der Waals surface area contributed by atoms with Crippen LogP contribution in [0.1, 0.15) is 64.2 Å². The average Bonchev–Trinajstić information content (AvgIpc) is 2.55. The topological polar surface area (TPSA) is 36.1 Å². The highest BCUT2D eigenvalue weighted by molar-refractivity contribution is 4.70. The lowest BCUT2D eigenvalue weighted by Gasteiger charge is -2.22. The van der Waals surface area contributed by atoms with E-state index in [1.165, 1.54) is 103 Å². The maximum Gasteiger partial charge on any atom is -0.00196 e. The van der Waals surface area contributed by atoms with Gasteiger partial charge in [0.05, 0.1) is 0 Å². The minimum atomic E-state index is 0.917. The summed E-state index contributed by atoms with van der Waals surface area (Å²) in [7, 11) is 0. The van der Waals surface area contributed by atoms with Crippen LogP contribution in [0.15, 0.2) is 0 Å². The lowest BCUT2D eigenvalue weighted by Crippen LogP contribution is -2.34. The normalized spacial score (nSPS) is 21.7. The predicted molar refractivity (Wildman–Crippen MR) is 91.8 cm³/mol. The summed E-state index contributed by atoms with van der Waals surface area (Å²) in [4.78, 5) is 0. The van der Waals surface area contributed by atoms with Gasteiger partial charge >= 0.3 is 0 Å². The van der Waals surface area contributed by atoms with Gasteiger partial charge in [0.1, 0.15) is 0 Å². The van der Waals surface area contributed by atoms with Gasteiger partial charge in [-0.05, 0) is 83.2 Å². The first-order valence-electron chi connectivity index (χ1n) is 9.57. The van der Waals surface area contributed by atoms with Gasteiger partial charge in [-0.2, -0.15) is 0 Å². The SMILES string of the molecule is C1CCC(CCNCCCCNCC2CCNCC2)CC1. The molecular formula is C18H37N3. The molecule has 0 bridgehead atoms. The molecule has 2 rings (SSSR count). The van der Waals surface area contributed by atoms with Crippen LogP contribution in [0.5, 0.6) is 0 Å². The van der Waals surface area contributed by atoms with Crippen molar-refractivity contribution in [1.29, 1.82) is 0 Å². The molecule has 0 aromatic rings. The molecule has 0 aromatic carbocycles. The Balaban J connectivity index is 1.30. The minimum absolute atomic E-state index is 0.917. The summed E-state index contributed by atoms with van der Waals surface area (Å²) >= 11 is 0. The Morgan fingerprint density at radius 2 is 1.43 bits per heavy atom. The Hall–Kier alpha value is -0.120. The lowest BCUT2D eigenvalue weighted by molar-refractivity contribution is 0.333. The Bertz CT molecular complexity index is 209. The third-order valence-electron chi connectivity index (χ3n) is 5.30. The predicted octanol–water partition coefficient (Wildman–Crippen LogP) is 2.92. The molecule has 1 saturated heterocycles. The number of hydrogen-bond acceptors (Lipinski definition) is 3. The fourth-order valence-electron chi connectivity index (χ4n) is 3.80. The monoisotopic (exact) mass is 295 g/mol. The minimum Gasteiger partial charge on any atom is -0.317 e. The van der Waals surface area contributed by atoms with E-state index in [1.807, 2.05) is 0 Å². The van der Waals surface area contributed by atoms with Crippen molar-refractivity contribution in [2.45, 2.75) is 64.2 Å². The molecule has 0 radical (unpaired) electrons. The van der Waals surface area contributed by atoms with Gasteiger partial charge in [-0.25, -0.2) is 0 Å². The number of hydrogen-bond donors (Lipinski definition) is 3. The van der Waals surface area contributed by atoms with E-state index < -0.39 is 0 Å². The van der Waals surface area contributed by atoms with E-state index in [9.17, 15) is 0 Å². The second-order valence-electron chi connectivity index (χ2n) is 7.15. The molecule has 0 spiro atoms. The molecule has 1 saturated carbocycles. The summed E-state index contributed by atoms with van der Waals surface area (Å²) in [5.41, 5.74) is 0. The van der Waals surface area contributed by atoms with Gasteiger partial charge in [0, 0.05) is 0 Å². The van der Waals surface area contributed by atoms with Crippen molar-refractivity contribution in [2.75, 3.05) is 39.3 Å². The van der Waals surface area contributed by atoms with Crippen LogP contribution in [0.4, 0.5) is 0 Å². The third kappa shape index (κ3) is 8.18. The van der Waals surface area contributed by atoms with Gasteiger partial charge in [-0.15, -0.1) is 0 Å². The van der Waals surface area contributed by atoms with Gasteiger partial charge in [-0.3, -0.25) is 0 Å². The smallest absolute Gasteiger partial charge is 0.00196 e. The lowest BCUT2D eigenvalue weighted by atomic mass is 9.87. The molecule has 1 aliphatic heterocycles. The summed E-state index contributed by atoms with van der Waals surface area (Å²) in [6.07, 6.45) is 14.2. The van der Waals surface area contributed by atoms with Gasteiger partial charge < -0.3 is 16.0 Å². The Morgan fingerprint density at radius 3 is 2.19 bits per heavy atom. The second-order valence-corrected chi connectivity index (χ2v) is 7.15. The van der Waals surface area contributed by atoms with E-state index in [-0.39, 0.29) is 0 Å². The molecule has 2 fully saturated rings. The molecule has 0 amide bonds. The van der Waals surface area contributed by atoms with Crippen LogP contribution < -0.4 is 16.0 Å². The van der Waals surface area contributed by atoms with Crippen molar-refractivity contribution in [2.24, 2.45) is 11.8 Å². The highest BCUT2D eigenvalue weighted by atomic mass is 14.9. The van der Waals surface area contributed by atoms with E-state index in [2.05, 4.69) is 16.0 Å². The quantitative estimate of drug-likeness (QED) is 0.542. The molecule has 124 valence electrons. The van der Waals surface area contributed by atoms with E-state index in [0.29, 0.717) is 0 Å². The van der Waals surface area contributed by atoms with Gasteiger partial charge in [0.25, 0.3) is 0 Å². The first kappa shape index (κ1) is 17.2. The zero-order chi connectivity index (χ0) is 14.6. The van der Waals surface area contributed by atoms with Gasteiger partial charge in [-0.1, -0.05) is 32.1 Å². The third-order valence-corrected chi connectivity index (χ3v) is 5.30. The van der Waals surface area contributed by atoms with E-state index in [1.54, 1.807) is 0 Å². The maximum atomic E-state index is 3.64. The average molecular weight is 296 g/mol. The Labute approximate surface area is 132 Å². The summed E-state index contributed by atoms with van der Waals surface area (Å²) in [5, 5.41) is 10.7. The molecular weight excluding hydrogens is 258 g/mol. The standard InChI is InChI=1S/C18H37N3/c1-2-6-17(7-3-1)8-13-19-11-4-5-12-21-16-18-9-14-20-15-10-18/h17-21H,1-16H2. The fourth-order valence-corrected chi connectivity index (χ4v) is 3.80. The largest absolute Gasteiger partial charge is 0.317 e. The van der Waals surface area contributed by atoms with Gasteiger partial charge in [0.15, 0.2) is 0 Å². The van der Waals surface area contributed by atoms with E-state index in [0.717, 1.165) is 11.8 Å². The van der Waals surface area contributed by atoms with Crippen molar-refractivity contribution in [3.05, 3.63) is 0 Å². The molecule has 2 aliphatic rings. The zero-order valence-corrected chi connectivity index (χ0v) is 14.0. The molecule has 0 atom stereocenters.